The Balaban J connectivity index is 2.66. The van der Waals surface area contributed by atoms with E-state index in [0.29, 0.717) is 23.5 Å². The van der Waals surface area contributed by atoms with Crippen LogP contribution in [0.5, 0.6) is 5.75 Å². The third-order valence-corrected chi connectivity index (χ3v) is 3.58. The first-order valence-corrected chi connectivity index (χ1v) is 7.89. The number of hydrogen-bond acceptors (Lipinski definition) is 3. The maximum atomic E-state index is 10.4. The molecular formula is C18H28O4. The van der Waals surface area contributed by atoms with Gasteiger partial charge in [0.2, 0.25) is 0 Å². The van der Waals surface area contributed by atoms with E-state index in [9.17, 15) is 4.79 Å². The molecule has 124 valence electrons. The average Bonchev–Trinajstić information content (AvgIpc) is 2.43. The smallest absolute Gasteiger partial charge is 0.329 e. The minimum atomic E-state index is -1.00. The van der Waals surface area contributed by atoms with E-state index in [1.165, 1.54) is 5.56 Å². The fourth-order valence-corrected chi connectivity index (χ4v) is 2.51. The fourth-order valence-electron chi connectivity index (χ4n) is 2.51. The largest absolute Gasteiger partial charge is 0.480 e. The number of aliphatic carboxylic acids is 1. The van der Waals surface area contributed by atoms with Crippen LogP contribution < -0.4 is 4.74 Å². The molecule has 0 fully saturated rings. The third-order valence-electron chi connectivity index (χ3n) is 3.58. The zero-order chi connectivity index (χ0) is 16.7. The molecule has 1 rings (SSSR count). The van der Waals surface area contributed by atoms with Gasteiger partial charge in [-0.05, 0) is 48.8 Å². The number of carboxylic acids is 1. The maximum Gasteiger partial charge on any atom is 0.329 e. The summed E-state index contributed by atoms with van der Waals surface area (Å²) in [5.41, 5.74) is 1.31. The molecule has 0 heterocycles. The van der Waals surface area contributed by atoms with Gasteiger partial charge in [-0.1, -0.05) is 39.8 Å². The molecule has 0 aliphatic heterocycles. The van der Waals surface area contributed by atoms with Crippen molar-refractivity contribution in [3.05, 3.63) is 29.8 Å². The molecule has 0 bridgehead atoms. The first kappa shape index (κ1) is 18.5. The molecule has 0 spiro atoms. The van der Waals surface area contributed by atoms with Crippen molar-refractivity contribution in [2.45, 2.75) is 53.2 Å². The Bertz CT molecular complexity index is 451. The Hall–Kier alpha value is -1.55. The van der Waals surface area contributed by atoms with Crippen LogP contribution in [0.1, 0.15) is 52.5 Å². The van der Waals surface area contributed by atoms with Gasteiger partial charge in [0.05, 0.1) is 0 Å². The molecule has 0 aliphatic rings. The Morgan fingerprint density at radius 2 is 1.68 bits per heavy atom. The highest BCUT2D eigenvalue weighted by atomic mass is 16.7. The number of carboxylic acid groups (broad SMARTS) is 1. The van der Waals surface area contributed by atoms with Crippen molar-refractivity contribution >= 4 is 5.97 Å². The van der Waals surface area contributed by atoms with E-state index in [0.717, 1.165) is 6.42 Å². The van der Waals surface area contributed by atoms with Crippen molar-refractivity contribution in [2.24, 2.45) is 11.8 Å². The van der Waals surface area contributed by atoms with Gasteiger partial charge < -0.3 is 14.6 Å². The van der Waals surface area contributed by atoms with Crippen molar-refractivity contribution in [3.63, 3.8) is 0 Å². The van der Waals surface area contributed by atoms with Crippen LogP contribution in [-0.4, -0.2) is 24.0 Å². The van der Waals surface area contributed by atoms with Crippen molar-refractivity contribution in [1.82, 2.24) is 0 Å². The van der Waals surface area contributed by atoms with Crippen molar-refractivity contribution in [3.8, 4) is 5.75 Å². The molecule has 1 aromatic rings. The zero-order valence-corrected chi connectivity index (χ0v) is 14.2. The van der Waals surface area contributed by atoms with Crippen LogP contribution in [-0.2, 0) is 9.53 Å². The molecule has 22 heavy (non-hydrogen) atoms. The SMILES string of the molecule is CC(C)CC(c1ccc(OC(C)OCC(=O)O)cc1)C(C)C. The van der Waals surface area contributed by atoms with Crippen LogP contribution in [0.15, 0.2) is 24.3 Å². The van der Waals surface area contributed by atoms with E-state index in [1.807, 2.05) is 12.1 Å². The molecule has 4 nitrogen and oxygen atoms in total. The van der Waals surface area contributed by atoms with Gasteiger partial charge >= 0.3 is 5.97 Å². The number of carbonyl (C=O) groups is 1. The lowest BCUT2D eigenvalue weighted by Gasteiger charge is -2.24. The molecule has 1 N–H and O–H groups in total. The van der Waals surface area contributed by atoms with E-state index in [-0.39, 0.29) is 6.61 Å². The highest BCUT2D eigenvalue weighted by Crippen LogP contribution is 2.32. The minimum Gasteiger partial charge on any atom is -0.480 e. The van der Waals surface area contributed by atoms with E-state index < -0.39 is 12.3 Å². The molecule has 0 aromatic heterocycles. The molecule has 2 unspecified atom stereocenters. The van der Waals surface area contributed by atoms with Gasteiger partial charge in [0.1, 0.15) is 12.4 Å². The van der Waals surface area contributed by atoms with E-state index in [1.54, 1.807) is 6.92 Å². The summed E-state index contributed by atoms with van der Waals surface area (Å²) in [5, 5.41) is 8.57. The van der Waals surface area contributed by atoms with Crippen molar-refractivity contribution < 1.29 is 19.4 Å². The quantitative estimate of drug-likeness (QED) is 0.691. The molecule has 0 saturated heterocycles. The van der Waals surface area contributed by atoms with Crippen LogP contribution in [0, 0.1) is 11.8 Å². The van der Waals surface area contributed by atoms with E-state index >= 15 is 0 Å². The lowest BCUT2D eigenvalue weighted by Crippen LogP contribution is -2.20. The van der Waals surface area contributed by atoms with Crippen LogP contribution in [0.2, 0.25) is 0 Å². The highest BCUT2D eigenvalue weighted by Gasteiger charge is 2.17. The van der Waals surface area contributed by atoms with E-state index in [4.69, 9.17) is 14.6 Å². The minimum absolute atomic E-state index is 0.358. The second-order valence-electron chi connectivity index (χ2n) is 6.44. The Morgan fingerprint density at radius 1 is 1.09 bits per heavy atom. The molecule has 0 aliphatic carbocycles. The summed E-state index contributed by atoms with van der Waals surface area (Å²) in [5.74, 6) is 1.47. The lowest BCUT2D eigenvalue weighted by molar-refractivity contribution is -0.151. The predicted octanol–water partition coefficient (Wildman–Crippen LogP) is 4.30. The molecule has 1 aromatic carbocycles. The Morgan fingerprint density at radius 3 is 2.14 bits per heavy atom. The average molecular weight is 308 g/mol. The topological polar surface area (TPSA) is 55.8 Å². The van der Waals surface area contributed by atoms with Crippen molar-refractivity contribution in [2.75, 3.05) is 6.61 Å². The summed E-state index contributed by atoms with van der Waals surface area (Å²) >= 11 is 0. The van der Waals surface area contributed by atoms with Crippen molar-refractivity contribution in [1.29, 1.82) is 0 Å². The number of rotatable bonds is 9. The third kappa shape index (κ3) is 6.48. The lowest BCUT2D eigenvalue weighted by atomic mass is 9.82. The van der Waals surface area contributed by atoms with Crippen LogP contribution >= 0.6 is 0 Å². The maximum absolute atomic E-state index is 10.4. The van der Waals surface area contributed by atoms with Gasteiger partial charge in [-0.15, -0.1) is 0 Å². The number of hydrogen-bond donors (Lipinski definition) is 1. The first-order chi connectivity index (χ1) is 10.3. The normalized spacial score (nSPS) is 14.1. The first-order valence-electron chi connectivity index (χ1n) is 7.89. The van der Waals surface area contributed by atoms with Gasteiger partial charge in [0, 0.05) is 0 Å². The number of ether oxygens (including phenoxy) is 2. The summed E-state index contributed by atoms with van der Waals surface area (Å²) in [4.78, 5) is 10.4. The van der Waals surface area contributed by atoms with Gasteiger partial charge in [-0.2, -0.15) is 0 Å². The van der Waals surface area contributed by atoms with Gasteiger partial charge in [0.25, 0.3) is 0 Å². The fraction of sp³-hybridized carbons (Fsp3) is 0.611. The molecule has 0 saturated carbocycles. The molecular weight excluding hydrogens is 280 g/mol. The van der Waals surface area contributed by atoms with Gasteiger partial charge in [-0.25, -0.2) is 4.79 Å². The summed E-state index contributed by atoms with van der Waals surface area (Å²) in [6.07, 6.45) is 0.578. The Kier molecular flexibility index (Phi) is 7.39. The summed E-state index contributed by atoms with van der Waals surface area (Å²) in [7, 11) is 0. The summed E-state index contributed by atoms with van der Waals surface area (Å²) < 4.78 is 10.6. The van der Waals surface area contributed by atoms with Crippen LogP contribution in [0.4, 0.5) is 0 Å². The van der Waals surface area contributed by atoms with Gasteiger partial charge in [-0.3, -0.25) is 0 Å². The number of benzene rings is 1. The standard InChI is InChI=1S/C18H28O4/c1-12(2)10-17(13(3)4)15-6-8-16(9-7-15)22-14(5)21-11-18(19)20/h6-9,12-14,17H,10-11H2,1-5H3,(H,19,20). The second-order valence-corrected chi connectivity index (χ2v) is 6.44. The van der Waals surface area contributed by atoms with Crippen LogP contribution in [0.3, 0.4) is 0 Å². The summed E-state index contributed by atoms with van der Waals surface area (Å²) in [6, 6.07) is 8.02. The predicted molar refractivity (Wildman–Crippen MR) is 87.2 cm³/mol. The Labute approximate surface area is 133 Å². The van der Waals surface area contributed by atoms with Gasteiger partial charge in [0.15, 0.2) is 6.29 Å². The monoisotopic (exact) mass is 308 g/mol. The highest BCUT2D eigenvalue weighted by molar-refractivity contribution is 5.68. The van der Waals surface area contributed by atoms with E-state index in [2.05, 4.69) is 39.8 Å². The summed E-state index contributed by atoms with van der Waals surface area (Å²) in [6.45, 7) is 10.3. The second kappa shape index (κ2) is 8.79. The molecule has 4 heteroatoms. The molecule has 0 radical (unpaired) electrons. The molecule has 2 atom stereocenters. The zero-order valence-electron chi connectivity index (χ0n) is 14.2. The molecule has 0 amide bonds. The van der Waals surface area contributed by atoms with Crippen LogP contribution in [0.25, 0.3) is 0 Å².